The van der Waals surface area contributed by atoms with Crippen LogP contribution < -0.4 is 10.6 Å². The summed E-state index contributed by atoms with van der Waals surface area (Å²) in [5.41, 5.74) is 1.39. The third-order valence-corrected chi connectivity index (χ3v) is 5.37. The summed E-state index contributed by atoms with van der Waals surface area (Å²) in [5.74, 6) is 1.78. The van der Waals surface area contributed by atoms with Gasteiger partial charge in [0.2, 0.25) is 0 Å². The number of furan rings is 1. The first-order valence-corrected chi connectivity index (χ1v) is 11.4. The van der Waals surface area contributed by atoms with Gasteiger partial charge in [-0.2, -0.15) is 0 Å². The molecule has 6 nitrogen and oxygen atoms in total. The minimum atomic E-state index is 0.376. The van der Waals surface area contributed by atoms with E-state index in [0.29, 0.717) is 12.6 Å². The van der Waals surface area contributed by atoms with Gasteiger partial charge in [-0.05, 0) is 37.0 Å². The van der Waals surface area contributed by atoms with Gasteiger partial charge in [-0.25, -0.2) is 0 Å². The molecule has 0 aliphatic carbocycles. The summed E-state index contributed by atoms with van der Waals surface area (Å²) in [6.45, 7) is 9.96. The van der Waals surface area contributed by atoms with E-state index in [1.165, 1.54) is 5.56 Å². The molecule has 1 aliphatic rings. The second-order valence-electron chi connectivity index (χ2n) is 7.84. The number of rotatable bonds is 12. The second-order valence-corrected chi connectivity index (χ2v) is 7.84. The SMILES string of the molecule is C=CCNC(=NCCCOC1CCN(Cc2ccccc2)CC1)NCCc1ccco1. The second kappa shape index (κ2) is 13.7. The Kier molecular flexibility index (Phi) is 10.2. The van der Waals surface area contributed by atoms with Crippen molar-refractivity contribution in [3.8, 4) is 0 Å². The van der Waals surface area contributed by atoms with Crippen molar-refractivity contribution < 1.29 is 9.15 Å². The summed E-state index contributed by atoms with van der Waals surface area (Å²) in [6.07, 6.45) is 7.87. The van der Waals surface area contributed by atoms with Gasteiger partial charge in [-0.15, -0.1) is 6.58 Å². The lowest BCUT2D eigenvalue weighted by molar-refractivity contribution is 0.00566. The monoisotopic (exact) mass is 424 g/mol. The third kappa shape index (κ3) is 8.99. The number of nitrogens with zero attached hydrogens (tertiary/aromatic N) is 2. The van der Waals surface area contributed by atoms with Crippen molar-refractivity contribution in [1.82, 2.24) is 15.5 Å². The van der Waals surface area contributed by atoms with Gasteiger partial charge in [-0.1, -0.05) is 36.4 Å². The van der Waals surface area contributed by atoms with Crippen molar-refractivity contribution >= 4 is 5.96 Å². The van der Waals surface area contributed by atoms with E-state index in [1.54, 1.807) is 6.26 Å². The molecule has 1 aromatic carbocycles. The summed E-state index contributed by atoms with van der Waals surface area (Å²) < 4.78 is 11.5. The molecule has 31 heavy (non-hydrogen) atoms. The van der Waals surface area contributed by atoms with Gasteiger partial charge in [0, 0.05) is 52.3 Å². The first kappa shape index (κ1) is 23.1. The predicted molar refractivity (Wildman–Crippen MR) is 126 cm³/mol. The fourth-order valence-electron chi connectivity index (χ4n) is 3.68. The number of nitrogens with one attached hydrogen (secondary N) is 2. The lowest BCUT2D eigenvalue weighted by atomic mass is 10.1. The number of likely N-dealkylation sites (tertiary alicyclic amines) is 1. The molecule has 0 bridgehead atoms. The van der Waals surface area contributed by atoms with Crippen LogP contribution in [-0.4, -0.2) is 56.3 Å². The number of guanidine groups is 1. The average Bonchev–Trinajstić information content (AvgIpc) is 3.32. The van der Waals surface area contributed by atoms with Crippen LogP contribution in [0.4, 0.5) is 0 Å². The quantitative estimate of drug-likeness (QED) is 0.236. The van der Waals surface area contributed by atoms with Gasteiger partial charge >= 0.3 is 0 Å². The van der Waals surface area contributed by atoms with Crippen LogP contribution in [0.2, 0.25) is 0 Å². The van der Waals surface area contributed by atoms with Gasteiger partial charge in [0.05, 0.1) is 12.4 Å². The van der Waals surface area contributed by atoms with Gasteiger partial charge in [0.15, 0.2) is 5.96 Å². The zero-order chi connectivity index (χ0) is 21.6. The predicted octanol–water partition coefficient (Wildman–Crippen LogP) is 3.61. The van der Waals surface area contributed by atoms with Crippen LogP contribution in [0, 0.1) is 0 Å². The normalized spacial score (nSPS) is 15.7. The Bertz CT molecular complexity index is 753. The molecular weight excluding hydrogens is 388 g/mol. The fraction of sp³-hybridized carbons (Fsp3) is 0.480. The summed E-state index contributed by atoms with van der Waals surface area (Å²) in [7, 11) is 0. The van der Waals surface area contributed by atoms with E-state index in [2.05, 4.69) is 57.4 Å². The molecule has 2 heterocycles. The smallest absolute Gasteiger partial charge is 0.191 e. The number of piperidine rings is 1. The minimum absolute atomic E-state index is 0.376. The van der Waals surface area contributed by atoms with E-state index in [1.807, 2.05) is 18.2 Å². The molecule has 3 rings (SSSR count). The first-order chi connectivity index (χ1) is 15.3. The first-order valence-electron chi connectivity index (χ1n) is 11.4. The molecule has 2 aromatic rings. The molecule has 6 heteroatoms. The molecule has 0 atom stereocenters. The number of hydrogen-bond donors (Lipinski definition) is 2. The van der Waals surface area contributed by atoms with E-state index in [4.69, 9.17) is 9.15 Å². The van der Waals surface area contributed by atoms with Crippen LogP contribution in [0.5, 0.6) is 0 Å². The molecule has 0 spiro atoms. The maximum absolute atomic E-state index is 6.11. The molecule has 1 aromatic heterocycles. The van der Waals surface area contributed by atoms with Crippen LogP contribution >= 0.6 is 0 Å². The highest BCUT2D eigenvalue weighted by Crippen LogP contribution is 2.16. The van der Waals surface area contributed by atoms with Gasteiger partial charge < -0.3 is 19.8 Å². The molecule has 1 aliphatic heterocycles. The van der Waals surface area contributed by atoms with Crippen molar-refractivity contribution in [1.29, 1.82) is 0 Å². The Balaban J connectivity index is 1.28. The van der Waals surface area contributed by atoms with Crippen molar-refractivity contribution in [2.75, 3.05) is 39.3 Å². The average molecular weight is 425 g/mol. The highest BCUT2D eigenvalue weighted by molar-refractivity contribution is 5.79. The fourth-order valence-corrected chi connectivity index (χ4v) is 3.68. The van der Waals surface area contributed by atoms with Crippen molar-refractivity contribution in [3.63, 3.8) is 0 Å². The zero-order valence-electron chi connectivity index (χ0n) is 18.5. The highest BCUT2D eigenvalue weighted by atomic mass is 16.5. The summed E-state index contributed by atoms with van der Waals surface area (Å²) in [6, 6.07) is 14.6. The number of hydrogen-bond acceptors (Lipinski definition) is 4. The van der Waals surface area contributed by atoms with Gasteiger partial charge in [0.25, 0.3) is 0 Å². The third-order valence-electron chi connectivity index (χ3n) is 5.37. The molecule has 1 saturated heterocycles. The summed E-state index contributed by atoms with van der Waals surface area (Å²) in [5, 5.41) is 6.60. The molecular formula is C25H36N4O2. The largest absolute Gasteiger partial charge is 0.469 e. The Morgan fingerprint density at radius 2 is 2.00 bits per heavy atom. The number of benzene rings is 1. The topological polar surface area (TPSA) is 62.0 Å². The molecule has 0 saturated carbocycles. The van der Waals surface area contributed by atoms with Gasteiger partial charge in [-0.3, -0.25) is 9.89 Å². The molecule has 0 radical (unpaired) electrons. The lowest BCUT2D eigenvalue weighted by Gasteiger charge is -2.31. The van der Waals surface area contributed by atoms with Crippen LogP contribution in [0.15, 0.2) is 70.8 Å². The maximum Gasteiger partial charge on any atom is 0.191 e. The Hall–Kier alpha value is -2.57. The van der Waals surface area contributed by atoms with E-state index in [-0.39, 0.29) is 0 Å². The van der Waals surface area contributed by atoms with E-state index in [9.17, 15) is 0 Å². The number of ether oxygens (including phenoxy) is 1. The lowest BCUT2D eigenvalue weighted by Crippen LogP contribution is -2.38. The molecule has 0 unspecified atom stereocenters. The molecule has 168 valence electrons. The summed E-state index contributed by atoms with van der Waals surface area (Å²) in [4.78, 5) is 7.17. The summed E-state index contributed by atoms with van der Waals surface area (Å²) >= 11 is 0. The number of aliphatic imine (C=N–C) groups is 1. The molecule has 1 fully saturated rings. The standard InChI is InChI=1S/C25H36N4O2/c1-2-14-26-25(28-16-11-23-10-6-19-30-23)27-15-7-20-31-24-12-17-29(18-13-24)21-22-8-4-3-5-9-22/h2-6,8-10,19,24H,1,7,11-18,20-21H2,(H2,26,27,28). The Morgan fingerprint density at radius 1 is 1.16 bits per heavy atom. The Labute approximate surface area is 186 Å². The zero-order valence-corrected chi connectivity index (χ0v) is 18.5. The van der Waals surface area contributed by atoms with Crippen LogP contribution in [0.1, 0.15) is 30.6 Å². The van der Waals surface area contributed by atoms with E-state index < -0.39 is 0 Å². The van der Waals surface area contributed by atoms with Crippen LogP contribution in [-0.2, 0) is 17.7 Å². The minimum Gasteiger partial charge on any atom is -0.469 e. The van der Waals surface area contributed by atoms with Crippen LogP contribution in [0.3, 0.4) is 0 Å². The molecule has 2 N–H and O–H groups in total. The highest BCUT2D eigenvalue weighted by Gasteiger charge is 2.19. The van der Waals surface area contributed by atoms with Gasteiger partial charge in [0.1, 0.15) is 5.76 Å². The van der Waals surface area contributed by atoms with E-state index in [0.717, 1.165) is 76.7 Å². The van der Waals surface area contributed by atoms with Crippen molar-refractivity contribution in [2.24, 2.45) is 4.99 Å². The maximum atomic E-state index is 6.11. The van der Waals surface area contributed by atoms with Crippen LogP contribution in [0.25, 0.3) is 0 Å². The Morgan fingerprint density at radius 3 is 2.74 bits per heavy atom. The molecule has 0 amide bonds. The van der Waals surface area contributed by atoms with E-state index >= 15 is 0 Å². The van der Waals surface area contributed by atoms with Crippen molar-refractivity contribution in [2.45, 2.75) is 38.3 Å². The van der Waals surface area contributed by atoms with Crippen molar-refractivity contribution in [3.05, 3.63) is 72.7 Å².